The zero-order valence-electron chi connectivity index (χ0n) is 25.4. The number of amides is 1. The van der Waals surface area contributed by atoms with Crippen molar-refractivity contribution >= 4 is 29.1 Å². The van der Waals surface area contributed by atoms with Gasteiger partial charge >= 0.3 is 6.18 Å². The van der Waals surface area contributed by atoms with E-state index < -0.39 is 48.8 Å². The number of para-hydroxylation sites is 1. The maximum absolute atomic E-state index is 15.7. The normalized spacial score (nSPS) is 16.4. The first-order chi connectivity index (χ1) is 22.4. The SMILES string of the molecule is CC1(C)C[C@@H](C(O)C(F)(F)CNC(=O)c2ccccc2O)c2cc(-c3ccc(Cl)cc3)c(-c3ccc(OCC(F)(F)F)cc3Cl)nc2O1. The minimum Gasteiger partial charge on any atom is -0.507 e. The topological polar surface area (TPSA) is 101 Å². The standard InChI is InChI=1S/C34H29Cl2F5N2O5/c1-32(2)15-25(29(45)33(37,38)16-42-30(46)22-5-3-4-6-27(22)44)24-14-23(18-7-9-19(35)10-8-18)28(43-31(24)48-32)21-12-11-20(13-26(21)36)47-17-34(39,40)41/h3-14,25,29,44-45H,15-17H2,1-2H3,(H,42,46)/t25-,29?/m1/s1. The molecule has 254 valence electrons. The molecule has 1 amide bonds. The second kappa shape index (κ2) is 13.4. The number of rotatable bonds is 9. The second-order valence-corrected chi connectivity index (χ2v) is 12.8. The molecule has 1 unspecified atom stereocenters. The minimum atomic E-state index is -4.56. The lowest BCUT2D eigenvalue weighted by Gasteiger charge is -2.40. The number of fused-ring (bicyclic) bond motifs is 1. The molecule has 1 aliphatic rings. The molecule has 0 saturated heterocycles. The average molecular weight is 712 g/mol. The number of hydrogen-bond acceptors (Lipinski definition) is 6. The number of hydrogen-bond donors (Lipinski definition) is 3. The summed E-state index contributed by atoms with van der Waals surface area (Å²) in [5, 5.41) is 23.7. The molecule has 0 radical (unpaired) electrons. The Hall–Kier alpha value is -4.13. The zero-order chi connectivity index (χ0) is 35.0. The molecule has 0 aliphatic carbocycles. The van der Waals surface area contributed by atoms with E-state index in [-0.39, 0.29) is 51.2 Å². The van der Waals surface area contributed by atoms with Crippen LogP contribution in [0.4, 0.5) is 22.0 Å². The van der Waals surface area contributed by atoms with Crippen LogP contribution in [-0.2, 0) is 0 Å². The van der Waals surface area contributed by atoms with E-state index >= 15 is 8.78 Å². The third-order valence-corrected chi connectivity index (χ3v) is 8.26. The molecule has 0 saturated carbocycles. The van der Waals surface area contributed by atoms with Crippen molar-refractivity contribution in [1.82, 2.24) is 10.3 Å². The Balaban J connectivity index is 1.54. The molecule has 2 heterocycles. The first kappa shape index (κ1) is 35.2. The monoisotopic (exact) mass is 710 g/mol. The zero-order valence-corrected chi connectivity index (χ0v) is 26.9. The Morgan fingerprint density at radius 2 is 1.73 bits per heavy atom. The Bertz CT molecular complexity index is 1820. The van der Waals surface area contributed by atoms with Crippen LogP contribution in [-0.4, -0.2) is 58.1 Å². The quantitative estimate of drug-likeness (QED) is 0.151. The number of carbonyl (C=O) groups excluding carboxylic acids is 1. The number of benzene rings is 3. The number of nitrogens with one attached hydrogen (secondary N) is 1. The average Bonchev–Trinajstić information content (AvgIpc) is 3.01. The highest BCUT2D eigenvalue weighted by Crippen LogP contribution is 2.48. The van der Waals surface area contributed by atoms with E-state index in [1.165, 1.54) is 42.5 Å². The summed E-state index contributed by atoms with van der Waals surface area (Å²) in [7, 11) is 0. The van der Waals surface area contributed by atoms with E-state index in [0.717, 1.165) is 0 Å². The molecular weight excluding hydrogens is 682 g/mol. The summed E-state index contributed by atoms with van der Waals surface area (Å²) >= 11 is 12.6. The fourth-order valence-corrected chi connectivity index (χ4v) is 5.83. The van der Waals surface area contributed by atoms with Gasteiger partial charge in [0.25, 0.3) is 11.8 Å². The highest BCUT2D eigenvalue weighted by Gasteiger charge is 2.49. The number of aliphatic hydroxyl groups is 1. The number of aromatic nitrogens is 1. The van der Waals surface area contributed by atoms with Gasteiger partial charge in [0, 0.05) is 27.6 Å². The van der Waals surface area contributed by atoms with E-state index in [2.05, 4.69) is 10.3 Å². The van der Waals surface area contributed by atoms with E-state index in [0.29, 0.717) is 16.1 Å². The van der Waals surface area contributed by atoms with E-state index in [4.69, 9.17) is 32.7 Å². The highest BCUT2D eigenvalue weighted by molar-refractivity contribution is 6.33. The molecule has 5 rings (SSSR count). The van der Waals surface area contributed by atoms with Gasteiger partial charge < -0.3 is 25.0 Å². The number of ether oxygens (including phenoxy) is 2. The third kappa shape index (κ3) is 7.94. The van der Waals surface area contributed by atoms with Crippen molar-refractivity contribution in [3.8, 4) is 39.8 Å². The summed E-state index contributed by atoms with van der Waals surface area (Å²) < 4.78 is 80.4. The fraction of sp³-hybridized carbons (Fsp3) is 0.294. The maximum Gasteiger partial charge on any atom is 0.422 e. The molecule has 3 N–H and O–H groups in total. The van der Waals surface area contributed by atoms with Gasteiger partial charge in [0.2, 0.25) is 5.88 Å². The number of alkyl halides is 5. The Kier molecular flexibility index (Phi) is 9.83. The predicted octanol–water partition coefficient (Wildman–Crippen LogP) is 8.44. The Morgan fingerprint density at radius 1 is 1.04 bits per heavy atom. The number of nitrogens with zero attached hydrogens (tertiary/aromatic N) is 1. The lowest BCUT2D eigenvalue weighted by atomic mass is 9.79. The van der Waals surface area contributed by atoms with Crippen molar-refractivity contribution in [1.29, 1.82) is 0 Å². The summed E-state index contributed by atoms with van der Waals surface area (Å²) in [5.74, 6) is -6.61. The van der Waals surface area contributed by atoms with Crippen molar-refractivity contribution in [2.24, 2.45) is 0 Å². The molecule has 1 aliphatic heterocycles. The summed E-state index contributed by atoms with van der Waals surface area (Å²) in [6, 6.07) is 17.4. The summed E-state index contributed by atoms with van der Waals surface area (Å²) in [5.41, 5.74) is 0.289. The van der Waals surface area contributed by atoms with Gasteiger partial charge in [0.1, 0.15) is 23.2 Å². The molecule has 48 heavy (non-hydrogen) atoms. The number of halogens is 7. The summed E-state index contributed by atoms with van der Waals surface area (Å²) in [6.45, 7) is 0.526. The van der Waals surface area contributed by atoms with Gasteiger partial charge in [-0.2, -0.15) is 13.2 Å². The van der Waals surface area contributed by atoms with Crippen LogP contribution in [0.5, 0.6) is 17.4 Å². The first-order valence-electron chi connectivity index (χ1n) is 14.6. The van der Waals surface area contributed by atoms with Gasteiger partial charge in [0.05, 0.1) is 22.8 Å². The van der Waals surface area contributed by atoms with Gasteiger partial charge in [-0.15, -0.1) is 0 Å². The number of aromatic hydroxyl groups is 1. The van der Waals surface area contributed by atoms with Crippen molar-refractivity contribution in [3.05, 3.63) is 94.0 Å². The largest absolute Gasteiger partial charge is 0.507 e. The fourth-order valence-electron chi connectivity index (χ4n) is 5.44. The third-order valence-electron chi connectivity index (χ3n) is 7.70. The van der Waals surface area contributed by atoms with Gasteiger partial charge in [-0.05, 0) is 74.4 Å². The molecule has 0 fully saturated rings. The van der Waals surface area contributed by atoms with Crippen molar-refractivity contribution in [2.75, 3.05) is 13.2 Å². The van der Waals surface area contributed by atoms with Gasteiger partial charge in [-0.3, -0.25) is 4.79 Å². The summed E-state index contributed by atoms with van der Waals surface area (Å²) in [6.07, 6.45) is -6.94. The van der Waals surface area contributed by atoms with Gasteiger partial charge in [0.15, 0.2) is 6.61 Å². The number of pyridine rings is 1. The Labute approximate surface area is 282 Å². The second-order valence-electron chi connectivity index (χ2n) is 11.9. The molecule has 7 nitrogen and oxygen atoms in total. The van der Waals surface area contributed by atoms with E-state index in [9.17, 15) is 28.2 Å². The molecular formula is C34H29Cl2F5N2O5. The number of carbonyl (C=O) groups is 1. The van der Waals surface area contributed by atoms with Crippen molar-refractivity contribution in [3.63, 3.8) is 0 Å². The highest BCUT2D eigenvalue weighted by atomic mass is 35.5. The van der Waals surface area contributed by atoms with E-state index in [1.54, 1.807) is 44.2 Å². The van der Waals surface area contributed by atoms with E-state index in [1.807, 2.05) is 0 Å². The number of phenols is 1. The predicted molar refractivity (Wildman–Crippen MR) is 170 cm³/mol. The minimum absolute atomic E-state index is 0.00396. The van der Waals surface area contributed by atoms with Crippen LogP contribution in [0.25, 0.3) is 22.4 Å². The van der Waals surface area contributed by atoms with Crippen LogP contribution >= 0.6 is 23.2 Å². The molecule has 0 spiro atoms. The lowest BCUT2D eigenvalue weighted by molar-refractivity contribution is -0.153. The van der Waals surface area contributed by atoms with Crippen LogP contribution in [0, 0.1) is 0 Å². The van der Waals surface area contributed by atoms with Crippen LogP contribution in [0.3, 0.4) is 0 Å². The summed E-state index contributed by atoms with van der Waals surface area (Å²) in [4.78, 5) is 17.2. The van der Waals surface area contributed by atoms with Crippen molar-refractivity contribution in [2.45, 2.75) is 50.0 Å². The lowest BCUT2D eigenvalue weighted by Crippen LogP contribution is -2.50. The molecule has 4 aromatic rings. The van der Waals surface area contributed by atoms with Crippen LogP contribution in [0.15, 0.2) is 72.8 Å². The van der Waals surface area contributed by atoms with Crippen LogP contribution in [0.2, 0.25) is 10.0 Å². The first-order valence-corrected chi connectivity index (χ1v) is 15.3. The maximum atomic E-state index is 15.7. The molecule has 14 heteroatoms. The molecule has 0 bridgehead atoms. The van der Waals surface area contributed by atoms with Gasteiger partial charge in [-0.25, -0.2) is 13.8 Å². The molecule has 2 atom stereocenters. The van der Waals surface area contributed by atoms with Crippen LogP contribution < -0.4 is 14.8 Å². The Morgan fingerprint density at radius 3 is 2.38 bits per heavy atom. The van der Waals surface area contributed by atoms with Crippen LogP contribution in [0.1, 0.15) is 42.1 Å². The number of aliphatic hydroxyl groups excluding tert-OH is 1. The molecule has 3 aromatic carbocycles. The van der Waals surface area contributed by atoms with Gasteiger partial charge in [-0.1, -0.05) is 47.5 Å². The molecule has 1 aromatic heterocycles. The smallest absolute Gasteiger partial charge is 0.422 e. The number of phenolic OH excluding ortho intramolecular Hbond substituents is 1. The van der Waals surface area contributed by atoms with Crippen molar-refractivity contribution < 1.29 is 46.4 Å².